The summed E-state index contributed by atoms with van der Waals surface area (Å²) in [6.45, 7) is 15.4. The van der Waals surface area contributed by atoms with Gasteiger partial charge in [-0.15, -0.1) is 0 Å². The molecule has 1 nitrogen and oxygen atoms in total. The Bertz CT molecular complexity index is 997. The molecule has 3 fully saturated rings. The van der Waals surface area contributed by atoms with Crippen LogP contribution in [0.25, 0.3) is 16.7 Å². The molecule has 1 unspecified atom stereocenters. The number of nitrogens with zero attached hydrogens (tertiary/aromatic N) is 1. The molecule has 0 radical (unpaired) electrons. The van der Waals surface area contributed by atoms with Crippen LogP contribution in [0.5, 0.6) is 0 Å². The summed E-state index contributed by atoms with van der Waals surface area (Å²) in [6, 6.07) is 16.3. The van der Waals surface area contributed by atoms with Gasteiger partial charge in [0.15, 0.2) is 0 Å². The van der Waals surface area contributed by atoms with Gasteiger partial charge in [0.1, 0.15) is 0 Å². The number of hydrogen-bond donors (Lipinski definition) is 0. The topological polar surface area (TPSA) is 3.24 Å². The fourth-order valence-electron chi connectivity index (χ4n) is 6.44. The van der Waals surface area contributed by atoms with Crippen molar-refractivity contribution in [3.05, 3.63) is 78.0 Å². The molecule has 2 saturated carbocycles. The zero-order chi connectivity index (χ0) is 22.3. The van der Waals surface area contributed by atoms with Crippen LogP contribution < -0.4 is 0 Å². The summed E-state index contributed by atoms with van der Waals surface area (Å²) < 4.78 is 0. The van der Waals surface area contributed by atoms with Crippen molar-refractivity contribution in [2.45, 2.75) is 71.1 Å². The maximum Gasteiger partial charge on any atom is 0.0180 e. The van der Waals surface area contributed by atoms with E-state index in [1.807, 2.05) is 0 Å². The highest BCUT2D eigenvalue weighted by Gasteiger charge is 2.55. The minimum Gasteiger partial charge on any atom is -0.375 e. The molecule has 32 heavy (non-hydrogen) atoms. The second kappa shape index (κ2) is 8.58. The van der Waals surface area contributed by atoms with Crippen molar-refractivity contribution in [3.63, 3.8) is 0 Å². The molecule has 1 saturated heterocycles. The minimum atomic E-state index is 0.558. The molecule has 2 aliphatic carbocycles. The Morgan fingerprint density at radius 1 is 1.00 bits per heavy atom. The number of aryl methyl sites for hydroxylation is 1. The summed E-state index contributed by atoms with van der Waals surface area (Å²) in [6.07, 6.45) is 10.6. The third-order valence-electron chi connectivity index (χ3n) is 8.79. The van der Waals surface area contributed by atoms with E-state index in [2.05, 4.69) is 74.4 Å². The molecule has 1 spiro atoms. The number of rotatable bonds is 6. The van der Waals surface area contributed by atoms with Gasteiger partial charge in [0.2, 0.25) is 0 Å². The fourth-order valence-corrected chi connectivity index (χ4v) is 6.44. The third-order valence-corrected chi connectivity index (χ3v) is 8.79. The second-order valence-electron chi connectivity index (χ2n) is 10.7. The maximum atomic E-state index is 4.50. The van der Waals surface area contributed by atoms with Crippen molar-refractivity contribution in [2.75, 3.05) is 13.1 Å². The van der Waals surface area contributed by atoms with Gasteiger partial charge in [-0.1, -0.05) is 74.9 Å². The highest BCUT2D eigenvalue weighted by Crippen LogP contribution is 2.65. The van der Waals surface area contributed by atoms with Crippen molar-refractivity contribution in [1.82, 2.24) is 4.90 Å². The molecular formula is C31H39N. The monoisotopic (exact) mass is 425 g/mol. The van der Waals surface area contributed by atoms with E-state index in [4.69, 9.17) is 0 Å². The third kappa shape index (κ3) is 3.96. The molecule has 5 rings (SSSR count). The highest BCUT2D eigenvalue weighted by molar-refractivity contribution is 5.74. The molecule has 0 N–H and O–H groups in total. The summed E-state index contributed by atoms with van der Waals surface area (Å²) in [5.74, 6) is 1.52. The standard InChI is InChI=1S/C31H39N/c1-5-24-10-15-28(22(2)3)20-29(24)26-11-13-27(14-12-26)30-21-31(30)16-18-32(19-17-31)23(4)25-8-6-7-9-25/h10-15,20,25,30H,2,4-9,16-19,21H2,1,3H3. The Hall–Kier alpha value is -2.28. The largest absolute Gasteiger partial charge is 0.375 e. The average Bonchev–Trinajstić information content (AvgIpc) is 3.24. The Kier molecular flexibility index (Phi) is 5.78. The number of allylic oxidation sites excluding steroid dienone is 2. The number of piperidine rings is 1. The summed E-state index contributed by atoms with van der Waals surface area (Å²) >= 11 is 0. The van der Waals surface area contributed by atoms with E-state index in [1.165, 1.54) is 86.0 Å². The summed E-state index contributed by atoms with van der Waals surface area (Å²) in [7, 11) is 0. The van der Waals surface area contributed by atoms with E-state index < -0.39 is 0 Å². The van der Waals surface area contributed by atoms with Gasteiger partial charge in [-0.25, -0.2) is 0 Å². The first-order valence-electron chi connectivity index (χ1n) is 12.8. The van der Waals surface area contributed by atoms with Crippen LogP contribution in [0.2, 0.25) is 0 Å². The molecule has 1 heterocycles. The van der Waals surface area contributed by atoms with Crippen LogP contribution in [0, 0.1) is 11.3 Å². The first kappa shape index (κ1) is 21.6. The van der Waals surface area contributed by atoms with Crippen LogP contribution in [-0.4, -0.2) is 18.0 Å². The van der Waals surface area contributed by atoms with Crippen molar-refractivity contribution in [3.8, 4) is 11.1 Å². The Labute approximate surface area is 195 Å². The van der Waals surface area contributed by atoms with Crippen LogP contribution >= 0.6 is 0 Å². The number of benzene rings is 2. The molecule has 2 aromatic carbocycles. The SMILES string of the molecule is C=C(C)c1ccc(CC)c(-c2ccc(C3CC34CCN(C(=C)C3CCCC3)CC4)cc2)c1. The minimum absolute atomic E-state index is 0.558. The van der Waals surface area contributed by atoms with Crippen LogP contribution in [-0.2, 0) is 6.42 Å². The first-order chi connectivity index (χ1) is 15.5. The van der Waals surface area contributed by atoms with E-state index in [0.29, 0.717) is 5.41 Å². The van der Waals surface area contributed by atoms with Gasteiger partial charge in [0.25, 0.3) is 0 Å². The second-order valence-corrected chi connectivity index (χ2v) is 10.7. The van der Waals surface area contributed by atoms with Gasteiger partial charge >= 0.3 is 0 Å². The normalized spacial score (nSPS) is 22.3. The van der Waals surface area contributed by atoms with E-state index >= 15 is 0 Å². The lowest BCUT2D eigenvalue weighted by atomic mass is 9.87. The van der Waals surface area contributed by atoms with Crippen LogP contribution in [0.4, 0.5) is 0 Å². The molecule has 3 aliphatic rings. The highest BCUT2D eigenvalue weighted by atomic mass is 15.1. The fraction of sp³-hybridized carbons (Fsp3) is 0.484. The summed E-state index contributed by atoms with van der Waals surface area (Å²) in [4.78, 5) is 2.63. The molecule has 2 aromatic rings. The average molecular weight is 426 g/mol. The predicted molar refractivity (Wildman–Crippen MR) is 138 cm³/mol. The lowest BCUT2D eigenvalue weighted by Gasteiger charge is -2.37. The van der Waals surface area contributed by atoms with Crippen LogP contribution in [0.3, 0.4) is 0 Å². The molecule has 0 bridgehead atoms. The van der Waals surface area contributed by atoms with Gasteiger partial charge in [-0.05, 0) is 96.6 Å². The van der Waals surface area contributed by atoms with Crippen molar-refractivity contribution in [2.24, 2.45) is 11.3 Å². The molecule has 1 heteroatoms. The van der Waals surface area contributed by atoms with Crippen LogP contribution in [0.1, 0.15) is 81.4 Å². The van der Waals surface area contributed by atoms with Gasteiger partial charge in [0, 0.05) is 18.8 Å². The predicted octanol–water partition coefficient (Wildman–Crippen LogP) is 8.22. The van der Waals surface area contributed by atoms with Crippen LogP contribution in [0.15, 0.2) is 61.3 Å². The lowest BCUT2D eigenvalue weighted by molar-refractivity contribution is 0.191. The molecular weight excluding hydrogens is 386 g/mol. The summed E-state index contributed by atoms with van der Waals surface area (Å²) in [5.41, 5.74) is 10.0. The first-order valence-corrected chi connectivity index (χ1v) is 12.8. The Morgan fingerprint density at radius 2 is 1.69 bits per heavy atom. The molecule has 0 aromatic heterocycles. The summed E-state index contributed by atoms with van der Waals surface area (Å²) in [5, 5.41) is 0. The Morgan fingerprint density at radius 3 is 2.31 bits per heavy atom. The molecule has 0 amide bonds. The molecule has 1 aliphatic heterocycles. The maximum absolute atomic E-state index is 4.50. The van der Waals surface area contributed by atoms with E-state index in [0.717, 1.165) is 23.8 Å². The molecule has 168 valence electrons. The lowest BCUT2D eigenvalue weighted by Crippen LogP contribution is -2.36. The quantitative estimate of drug-likeness (QED) is 0.450. The van der Waals surface area contributed by atoms with Gasteiger partial charge in [-0.3, -0.25) is 0 Å². The van der Waals surface area contributed by atoms with E-state index in [1.54, 1.807) is 5.56 Å². The van der Waals surface area contributed by atoms with Gasteiger partial charge in [0.05, 0.1) is 0 Å². The van der Waals surface area contributed by atoms with Crippen molar-refractivity contribution < 1.29 is 0 Å². The number of hydrogen-bond acceptors (Lipinski definition) is 1. The number of likely N-dealkylation sites (tertiary alicyclic amines) is 1. The van der Waals surface area contributed by atoms with E-state index in [9.17, 15) is 0 Å². The zero-order valence-electron chi connectivity index (χ0n) is 20.1. The van der Waals surface area contributed by atoms with E-state index in [-0.39, 0.29) is 0 Å². The Balaban J connectivity index is 1.26. The smallest absolute Gasteiger partial charge is 0.0180 e. The van der Waals surface area contributed by atoms with Crippen molar-refractivity contribution in [1.29, 1.82) is 0 Å². The van der Waals surface area contributed by atoms with Gasteiger partial charge < -0.3 is 4.90 Å². The molecule has 1 atom stereocenters. The van der Waals surface area contributed by atoms with Crippen molar-refractivity contribution >= 4 is 5.57 Å². The van der Waals surface area contributed by atoms with Gasteiger partial charge in [-0.2, -0.15) is 0 Å². The zero-order valence-corrected chi connectivity index (χ0v) is 20.1.